The minimum absolute atomic E-state index is 1.10. The lowest BCUT2D eigenvalue weighted by molar-refractivity contribution is 0.808. The monoisotopic (exact) mass is 342 g/mol. The second kappa shape index (κ2) is 8.64. The van der Waals surface area contributed by atoms with Crippen molar-refractivity contribution in [3.8, 4) is 0 Å². The van der Waals surface area contributed by atoms with Gasteiger partial charge in [0.15, 0.2) is 0 Å². The van der Waals surface area contributed by atoms with E-state index in [1.165, 1.54) is 34.4 Å². The van der Waals surface area contributed by atoms with Crippen LogP contribution in [0.25, 0.3) is 0 Å². The molecule has 0 spiro atoms. The van der Waals surface area contributed by atoms with Crippen LogP contribution in [-0.4, -0.2) is 8.07 Å². The molecule has 0 aliphatic heterocycles. The van der Waals surface area contributed by atoms with E-state index in [0.29, 0.717) is 0 Å². The zero-order valence-electron chi connectivity index (χ0n) is 14.8. The SMILES string of the molecule is C=CCCCC[Si](c1ccccc1)(c1ccccc1)c1ccccc1. The Morgan fingerprint density at radius 3 is 1.36 bits per heavy atom. The van der Waals surface area contributed by atoms with Crippen LogP contribution in [0.15, 0.2) is 104 Å². The molecule has 0 saturated carbocycles. The Hall–Kier alpha value is -2.38. The van der Waals surface area contributed by atoms with Gasteiger partial charge < -0.3 is 0 Å². The normalized spacial score (nSPS) is 11.2. The van der Waals surface area contributed by atoms with Crippen molar-refractivity contribution in [3.63, 3.8) is 0 Å². The van der Waals surface area contributed by atoms with E-state index in [2.05, 4.69) is 97.6 Å². The van der Waals surface area contributed by atoms with E-state index in [1.807, 2.05) is 6.08 Å². The van der Waals surface area contributed by atoms with E-state index in [9.17, 15) is 0 Å². The first-order valence-electron chi connectivity index (χ1n) is 9.15. The van der Waals surface area contributed by atoms with Gasteiger partial charge in [0.25, 0.3) is 0 Å². The number of hydrogen-bond acceptors (Lipinski definition) is 0. The van der Waals surface area contributed by atoms with Crippen LogP contribution in [0.5, 0.6) is 0 Å². The van der Waals surface area contributed by atoms with Gasteiger partial charge in [-0.15, -0.1) is 6.58 Å². The molecule has 3 aromatic carbocycles. The highest BCUT2D eigenvalue weighted by Crippen LogP contribution is 2.17. The largest absolute Gasteiger partial charge is 0.148 e. The molecular formula is C24H26Si. The average molecular weight is 343 g/mol. The first kappa shape index (κ1) is 17.4. The molecule has 126 valence electrons. The van der Waals surface area contributed by atoms with Crippen molar-refractivity contribution in [3.05, 3.63) is 104 Å². The van der Waals surface area contributed by atoms with Gasteiger partial charge in [0.05, 0.1) is 0 Å². The van der Waals surface area contributed by atoms with Crippen molar-refractivity contribution in [2.45, 2.75) is 25.3 Å². The molecule has 0 heterocycles. The summed E-state index contributed by atoms with van der Waals surface area (Å²) in [6.07, 6.45) is 5.58. The molecule has 0 saturated heterocycles. The van der Waals surface area contributed by atoms with Gasteiger partial charge in [0.2, 0.25) is 0 Å². The molecule has 0 aliphatic carbocycles. The summed E-state index contributed by atoms with van der Waals surface area (Å²) in [7, 11) is -2.01. The second-order valence-corrected chi connectivity index (χ2v) is 10.6. The van der Waals surface area contributed by atoms with E-state index in [0.717, 1.165) is 6.42 Å². The molecule has 0 aromatic heterocycles. The number of allylic oxidation sites excluding steroid dienone is 1. The van der Waals surface area contributed by atoms with E-state index >= 15 is 0 Å². The first-order valence-corrected chi connectivity index (χ1v) is 11.4. The molecule has 0 aliphatic rings. The van der Waals surface area contributed by atoms with Gasteiger partial charge in [-0.1, -0.05) is 110 Å². The molecule has 3 aromatic rings. The van der Waals surface area contributed by atoms with Crippen LogP contribution in [0, 0.1) is 0 Å². The standard InChI is InChI=1S/C24H26Si/c1-2-3-4-14-21-25(22-15-8-5-9-16-22,23-17-10-6-11-18-23)24-19-12-7-13-20-24/h2,5-13,15-20H,1,3-4,14,21H2. The van der Waals surface area contributed by atoms with Gasteiger partial charge in [0.1, 0.15) is 8.07 Å². The molecular weight excluding hydrogens is 316 g/mol. The summed E-state index contributed by atoms with van der Waals surface area (Å²) in [5.74, 6) is 0. The van der Waals surface area contributed by atoms with Gasteiger partial charge in [-0.2, -0.15) is 0 Å². The van der Waals surface area contributed by atoms with Gasteiger partial charge in [-0.05, 0) is 28.0 Å². The van der Waals surface area contributed by atoms with E-state index in [4.69, 9.17) is 0 Å². The molecule has 0 radical (unpaired) electrons. The Kier molecular flexibility index (Phi) is 6.03. The van der Waals surface area contributed by atoms with Crippen LogP contribution in [0.1, 0.15) is 19.3 Å². The van der Waals surface area contributed by atoms with Crippen molar-refractivity contribution < 1.29 is 0 Å². The number of hydrogen-bond donors (Lipinski definition) is 0. The molecule has 0 fully saturated rings. The van der Waals surface area contributed by atoms with Crippen LogP contribution < -0.4 is 15.6 Å². The van der Waals surface area contributed by atoms with E-state index in [1.54, 1.807) is 0 Å². The molecule has 0 amide bonds. The van der Waals surface area contributed by atoms with Crippen molar-refractivity contribution in [2.24, 2.45) is 0 Å². The van der Waals surface area contributed by atoms with Crippen LogP contribution in [-0.2, 0) is 0 Å². The van der Waals surface area contributed by atoms with Gasteiger partial charge in [-0.3, -0.25) is 0 Å². The third kappa shape index (κ3) is 3.83. The highest BCUT2D eigenvalue weighted by molar-refractivity contribution is 7.11. The van der Waals surface area contributed by atoms with Crippen LogP contribution in [0.3, 0.4) is 0 Å². The molecule has 0 unspecified atom stereocenters. The van der Waals surface area contributed by atoms with Crippen LogP contribution in [0.4, 0.5) is 0 Å². The zero-order chi connectivity index (χ0) is 17.4. The highest BCUT2D eigenvalue weighted by Gasteiger charge is 2.38. The topological polar surface area (TPSA) is 0 Å². The minimum Gasteiger partial charge on any atom is -0.103 e. The molecule has 0 atom stereocenters. The third-order valence-corrected chi connectivity index (χ3v) is 10.1. The second-order valence-electron chi connectivity index (χ2n) is 6.54. The maximum Gasteiger partial charge on any atom is 0.148 e. The summed E-state index contributed by atoms with van der Waals surface area (Å²) < 4.78 is 0. The lowest BCUT2D eigenvalue weighted by Crippen LogP contribution is -2.66. The van der Waals surface area contributed by atoms with E-state index < -0.39 is 8.07 Å². The van der Waals surface area contributed by atoms with Crippen molar-refractivity contribution in [2.75, 3.05) is 0 Å². The Balaban J connectivity index is 2.15. The quantitative estimate of drug-likeness (QED) is 0.244. The summed E-state index contributed by atoms with van der Waals surface area (Å²) in [6.45, 7) is 3.88. The Labute approximate surface area is 152 Å². The van der Waals surface area contributed by atoms with Crippen molar-refractivity contribution in [1.29, 1.82) is 0 Å². The Bertz CT molecular complexity index is 666. The fourth-order valence-electron chi connectivity index (χ4n) is 3.78. The molecule has 0 N–H and O–H groups in total. The third-order valence-electron chi connectivity index (χ3n) is 5.01. The number of rotatable bonds is 8. The Morgan fingerprint density at radius 1 is 0.600 bits per heavy atom. The summed E-state index contributed by atoms with van der Waals surface area (Å²) >= 11 is 0. The molecule has 1 heteroatoms. The van der Waals surface area contributed by atoms with Crippen molar-refractivity contribution in [1.82, 2.24) is 0 Å². The lowest BCUT2D eigenvalue weighted by atomic mass is 10.2. The smallest absolute Gasteiger partial charge is 0.103 e. The average Bonchev–Trinajstić information content (AvgIpc) is 2.70. The van der Waals surface area contributed by atoms with Gasteiger partial charge in [0, 0.05) is 0 Å². The maximum absolute atomic E-state index is 3.88. The number of benzene rings is 3. The predicted molar refractivity (Wildman–Crippen MR) is 113 cm³/mol. The molecule has 25 heavy (non-hydrogen) atoms. The zero-order valence-corrected chi connectivity index (χ0v) is 15.8. The maximum atomic E-state index is 3.88. The molecule has 0 bridgehead atoms. The van der Waals surface area contributed by atoms with Gasteiger partial charge in [-0.25, -0.2) is 0 Å². The lowest BCUT2D eigenvalue weighted by Gasteiger charge is -2.34. The highest BCUT2D eigenvalue weighted by atomic mass is 28.3. The first-order chi connectivity index (χ1) is 12.4. The summed E-state index contributed by atoms with van der Waals surface area (Å²) in [5.41, 5.74) is 0. The molecule has 0 nitrogen and oxygen atoms in total. The minimum atomic E-state index is -2.01. The van der Waals surface area contributed by atoms with Crippen LogP contribution in [0.2, 0.25) is 6.04 Å². The van der Waals surface area contributed by atoms with E-state index in [-0.39, 0.29) is 0 Å². The summed E-state index contributed by atoms with van der Waals surface area (Å²) in [5, 5.41) is 4.52. The van der Waals surface area contributed by atoms with Crippen LogP contribution >= 0.6 is 0 Å². The number of unbranched alkanes of at least 4 members (excludes halogenated alkanes) is 2. The van der Waals surface area contributed by atoms with Gasteiger partial charge >= 0.3 is 0 Å². The molecule has 3 rings (SSSR count). The predicted octanol–water partition coefficient (Wildman–Crippen LogP) is 4.51. The van der Waals surface area contributed by atoms with Crippen molar-refractivity contribution >= 4 is 23.6 Å². The Morgan fingerprint density at radius 2 is 1.00 bits per heavy atom. The fraction of sp³-hybridized carbons (Fsp3) is 0.167. The fourth-order valence-corrected chi connectivity index (χ4v) is 8.71. The summed E-state index contributed by atoms with van der Waals surface area (Å²) in [4.78, 5) is 0. The summed E-state index contributed by atoms with van der Waals surface area (Å²) in [6, 6.07) is 34.7.